The number of aliphatic hydroxyl groups is 2. The van der Waals surface area contributed by atoms with Crippen molar-refractivity contribution in [3.63, 3.8) is 0 Å². The average molecular weight is 438 g/mol. The summed E-state index contributed by atoms with van der Waals surface area (Å²) in [7, 11) is 2.04. The minimum atomic E-state index is -1.53. The topological polar surface area (TPSA) is 95.5 Å². The maximum atomic E-state index is 12.3. The van der Waals surface area contributed by atoms with Gasteiger partial charge in [-0.3, -0.25) is 4.98 Å². The van der Waals surface area contributed by atoms with E-state index in [2.05, 4.69) is 52.9 Å². The van der Waals surface area contributed by atoms with Crippen LogP contribution in [0.5, 0.6) is 0 Å². The van der Waals surface area contributed by atoms with E-state index in [1.54, 1.807) is 12.4 Å². The van der Waals surface area contributed by atoms with E-state index in [-0.39, 0.29) is 18.6 Å². The van der Waals surface area contributed by atoms with Gasteiger partial charge in [-0.2, -0.15) is 4.98 Å². The maximum absolute atomic E-state index is 12.3. The minimum absolute atomic E-state index is 0.0231. The van der Waals surface area contributed by atoms with E-state index in [1.165, 1.54) is 12.5 Å². The van der Waals surface area contributed by atoms with Gasteiger partial charge in [0.15, 0.2) is 0 Å². The molecule has 0 spiro atoms. The van der Waals surface area contributed by atoms with Crippen molar-refractivity contribution < 1.29 is 16.1 Å². The Bertz CT molecular complexity index is 1120. The van der Waals surface area contributed by atoms with Gasteiger partial charge in [-0.25, -0.2) is 0 Å². The highest BCUT2D eigenvalue weighted by atomic mass is 16.5. The molecule has 3 aromatic rings. The smallest absolute Gasteiger partial charge is 0.258 e. The second kappa shape index (κ2) is 7.76. The number of rotatable bonds is 6. The van der Waals surface area contributed by atoms with E-state index in [0.29, 0.717) is 17.0 Å². The number of hydrogen-bond donors (Lipinski definition) is 2. The highest BCUT2D eigenvalue weighted by Gasteiger charge is 2.55. The van der Waals surface area contributed by atoms with Crippen LogP contribution in [0.25, 0.3) is 11.4 Å². The van der Waals surface area contributed by atoms with Gasteiger partial charge in [0.05, 0.1) is 0 Å². The van der Waals surface area contributed by atoms with Crippen LogP contribution in [0.15, 0.2) is 47.2 Å². The number of benzene rings is 1. The highest BCUT2D eigenvalue weighted by molar-refractivity contribution is 5.56. The van der Waals surface area contributed by atoms with Crippen molar-refractivity contribution in [3.8, 4) is 11.4 Å². The van der Waals surface area contributed by atoms with Gasteiger partial charge in [-0.05, 0) is 44.0 Å². The number of nitrogens with zero attached hydrogens (tertiary/aromatic N) is 4. The van der Waals surface area contributed by atoms with Crippen LogP contribution >= 0.6 is 0 Å². The summed E-state index contributed by atoms with van der Waals surface area (Å²) < 4.78 is 12.7. The van der Waals surface area contributed by atoms with Crippen LogP contribution in [0.4, 0.5) is 0 Å². The Morgan fingerprint density at radius 1 is 1.16 bits per heavy atom. The normalized spacial score (nSPS) is 20.3. The second-order valence-corrected chi connectivity index (χ2v) is 9.88. The van der Waals surface area contributed by atoms with Gasteiger partial charge in [0.2, 0.25) is 5.82 Å². The molecule has 1 saturated heterocycles. The molecule has 4 rings (SSSR count). The molecule has 170 valence electrons. The summed E-state index contributed by atoms with van der Waals surface area (Å²) in [5, 5.41) is 26.6. The molecule has 2 N–H and O–H groups in total. The number of pyridine rings is 1. The number of hydrogen-bond acceptors (Lipinski definition) is 7. The zero-order chi connectivity index (χ0) is 24.0. The summed E-state index contributed by atoms with van der Waals surface area (Å²) >= 11 is 0. The molecule has 0 amide bonds. The molecule has 1 fully saturated rings. The summed E-state index contributed by atoms with van der Waals surface area (Å²) in [5.41, 5.74) is 0.00936. The molecule has 1 aliphatic rings. The zero-order valence-electron chi connectivity index (χ0n) is 20.3. The second-order valence-electron chi connectivity index (χ2n) is 9.88. The SMILES string of the molecule is [2H]CC(C)(O)c1nc(-c2cncc([C@@](O)(c3ccc(C(C)C)cc3)C3(C)CN(C)C3)c2)no1. The molecule has 2 atom stereocenters. The first-order chi connectivity index (χ1) is 15.5. The van der Waals surface area contributed by atoms with Crippen LogP contribution in [0, 0.1) is 5.41 Å². The fourth-order valence-electron chi connectivity index (χ4n) is 4.67. The van der Waals surface area contributed by atoms with E-state index in [4.69, 9.17) is 5.89 Å². The van der Waals surface area contributed by atoms with Gasteiger partial charge < -0.3 is 19.6 Å². The first kappa shape index (κ1) is 21.2. The third-order valence-electron chi connectivity index (χ3n) is 6.41. The molecule has 1 unspecified atom stereocenters. The van der Waals surface area contributed by atoms with Crippen molar-refractivity contribution in [1.29, 1.82) is 0 Å². The first-order valence-corrected chi connectivity index (χ1v) is 10.8. The van der Waals surface area contributed by atoms with Crippen molar-refractivity contribution in [1.82, 2.24) is 20.0 Å². The quantitative estimate of drug-likeness (QED) is 0.607. The van der Waals surface area contributed by atoms with Crippen molar-refractivity contribution in [3.05, 3.63) is 65.3 Å². The molecule has 32 heavy (non-hydrogen) atoms. The fraction of sp³-hybridized carbons (Fsp3) is 0.480. The van der Waals surface area contributed by atoms with Crippen LogP contribution in [0.1, 0.15) is 64.5 Å². The summed E-state index contributed by atoms with van der Waals surface area (Å²) in [4.78, 5) is 10.8. The lowest BCUT2D eigenvalue weighted by atomic mass is 9.62. The van der Waals surface area contributed by atoms with Crippen LogP contribution < -0.4 is 0 Å². The predicted octanol–water partition coefficient (Wildman–Crippen LogP) is 3.67. The largest absolute Gasteiger partial charge is 0.381 e. The molecule has 0 saturated carbocycles. The van der Waals surface area contributed by atoms with Crippen LogP contribution in [-0.2, 0) is 11.2 Å². The van der Waals surface area contributed by atoms with Crippen LogP contribution in [-0.4, -0.2) is 50.4 Å². The molecule has 2 aromatic heterocycles. The fourth-order valence-corrected chi connectivity index (χ4v) is 4.67. The van der Waals surface area contributed by atoms with Gasteiger partial charge >= 0.3 is 0 Å². The Labute approximate surface area is 190 Å². The van der Waals surface area contributed by atoms with Gasteiger partial charge in [0.1, 0.15) is 11.2 Å². The van der Waals surface area contributed by atoms with Crippen LogP contribution in [0.3, 0.4) is 0 Å². The summed E-state index contributed by atoms with van der Waals surface area (Å²) in [6.07, 6.45) is 3.29. The molecular weight excluding hydrogens is 404 g/mol. The molecule has 7 nitrogen and oxygen atoms in total. The van der Waals surface area contributed by atoms with Crippen LogP contribution in [0.2, 0.25) is 0 Å². The molecular formula is C25H32N4O3. The van der Waals surface area contributed by atoms with E-state index < -0.39 is 16.6 Å². The lowest BCUT2D eigenvalue weighted by Gasteiger charge is -2.55. The van der Waals surface area contributed by atoms with E-state index in [1.807, 2.05) is 25.2 Å². The van der Waals surface area contributed by atoms with E-state index >= 15 is 0 Å². The van der Waals surface area contributed by atoms with Crippen molar-refractivity contribution >= 4 is 0 Å². The molecule has 1 aromatic carbocycles. The molecule has 7 heteroatoms. The third-order valence-corrected chi connectivity index (χ3v) is 6.41. The summed E-state index contributed by atoms with van der Waals surface area (Å²) in [5.74, 6) is 0.627. The molecule has 0 aliphatic carbocycles. The van der Waals surface area contributed by atoms with Crippen molar-refractivity contribution in [2.45, 2.75) is 51.7 Å². The lowest BCUT2D eigenvalue weighted by Crippen LogP contribution is -2.63. The van der Waals surface area contributed by atoms with Gasteiger partial charge in [-0.1, -0.05) is 50.2 Å². The molecule has 1 aliphatic heterocycles. The Kier molecular flexibility index (Phi) is 5.15. The first-order valence-electron chi connectivity index (χ1n) is 11.5. The monoisotopic (exact) mass is 437 g/mol. The number of likely N-dealkylation sites (tertiary alicyclic amines) is 1. The van der Waals surface area contributed by atoms with Crippen molar-refractivity contribution in [2.24, 2.45) is 5.41 Å². The highest BCUT2D eigenvalue weighted by Crippen LogP contribution is 2.50. The Morgan fingerprint density at radius 3 is 2.44 bits per heavy atom. The van der Waals surface area contributed by atoms with Crippen molar-refractivity contribution in [2.75, 3.05) is 20.1 Å². The van der Waals surface area contributed by atoms with Gasteiger partial charge in [-0.15, -0.1) is 0 Å². The standard InChI is InChI=1S/C25H32N4O3/c1-16(2)17-7-9-19(10-8-17)25(31,24(5)14-29(6)15-24)20-11-18(12-26-13-20)21-27-22(32-28-21)23(3,4)30/h7-13,16,30-31H,14-15H2,1-6H3/t25-/m0/s1/i3D/t23?,25-. The number of aromatic nitrogens is 3. The average Bonchev–Trinajstić information content (AvgIpc) is 3.29. The summed E-state index contributed by atoms with van der Waals surface area (Å²) in [6, 6.07) is 9.98. The molecule has 3 heterocycles. The summed E-state index contributed by atoms with van der Waals surface area (Å²) in [6.45, 7) is 9.01. The predicted molar refractivity (Wildman–Crippen MR) is 122 cm³/mol. The molecule has 0 radical (unpaired) electrons. The maximum Gasteiger partial charge on any atom is 0.258 e. The Morgan fingerprint density at radius 2 is 1.84 bits per heavy atom. The van der Waals surface area contributed by atoms with Gasteiger partial charge in [0, 0.05) is 43.4 Å². The Hall–Kier alpha value is -2.61. The van der Waals surface area contributed by atoms with E-state index in [9.17, 15) is 10.2 Å². The van der Waals surface area contributed by atoms with Gasteiger partial charge in [0.25, 0.3) is 5.89 Å². The molecule has 0 bridgehead atoms. The van der Waals surface area contributed by atoms with E-state index in [0.717, 1.165) is 18.7 Å². The zero-order valence-corrected chi connectivity index (χ0v) is 19.3. The third kappa shape index (κ3) is 3.74. The Balaban J connectivity index is 1.79. The minimum Gasteiger partial charge on any atom is -0.381 e. The lowest BCUT2D eigenvalue weighted by molar-refractivity contribution is -0.127.